The summed E-state index contributed by atoms with van der Waals surface area (Å²) in [6.45, 7) is 0.405. The molecular weight excluding hydrogens is 535 g/mol. The number of alkyl halides is 3. The van der Waals surface area contributed by atoms with Gasteiger partial charge in [-0.1, -0.05) is 54.2 Å². The van der Waals surface area contributed by atoms with Gasteiger partial charge in [0.2, 0.25) is 11.1 Å². The molecular formula is C25H22F3N7O3S. The number of nitrogen functional groups attached to an aromatic ring is 1. The Kier molecular flexibility index (Phi) is 8.89. The minimum atomic E-state index is -4.79. The van der Waals surface area contributed by atoms with Gasteiger partial charge in [0.1, 0.15) is 18.1 Å². The van der Waals surface area contributed by atoms with Gasteiger partial charge < -0.3 is 20.6 Å². The fraction of sp³-hybridized carbons (Fsp3) is 0.120. The van der Waals surface area contributed by atoms with E-state index in [4.69, 9.17) is 10.6 Å². The smallest absolute Gasteiger partial charge is 0.488 e. The molecule has 4 N–H and O–H groups in total. The lowest BCUT2D eigenvalue weighted by molar-refractivity contribution is -0.274. The number of para-hydroxylation sites is 1. The number of hydrogen-bond donors (Lipinski definition) is 3. The summed E-state index contributed by atoms with van der Waals surface area (Å²) in [5, 5.41) is 14.8. The molecule has 4 aromatic rings. The number of amides is 1. The molecule has 39 heavy (non-hydrogen) atoms. The minimum Gasteiger partial charge on any atom is -0.488 e. The Labute approximate surface area is 225 Å². The molecule has 1 heterocycles. The van der Waals surface area contributed by atoms with E-state index >= 15 is 0 Å². The molecule has 0 radical (unpaired) electrons. The first kappa shape index (κ1) is 27.3. The summed E-state index contributed by atoms with van der Waals surface area (Å²) in [6, 6.07) is 21.9. The summed E-state index contributed by atoms with van der Waals surface area (Å²) in [6.07, 6.45) is -3.24. The van der Waals surface area contributed by atoms with E-state index in [9.17, 15) is 18.0 Å². The molecule has 0 saturated carbocycles. The minimum absolute atomic E-state index is 0.0778. The molecule has 0 bridgehead atoms. The number of ether oxygens (including phenoxy) is 2. The number of anilines is 2. The predicted octanol–water partition coefficient (Wildman–Crippen LogP) is 4.65. The molecule has 0 unspecified atom stereocenters. The molecule has 10 nitrogen and oxygen atoms in total. The van der Waals surface area contributed by atoms with Gasteiger partial charge in [-0.05, 0) is 42.0 Å². The van der Waals surface area contributed by atoms with Crippen LogP contribution in [0, 0.1) is 0 Å². The maximum atomic E-state index is 12.3. The molecule has 4 rings (SSSR count). The van der Waals surface area contributed by atoms with Crippen molar-refractivity contribution in [3.05, 3.63) is 90.0 Å². The van der Waals surface area contributed by atoms with Crippen molar-refractivity contribution in [3.63, 3.8) is 0 Å². The fourth-order valence-electron chi connectivity index (χ4n) is 3.13. The largest absolute Gasteiger partial charge is 0.573 e. The molecule has 0 saturated heterocycles. The Hall–Kier alpha value is -4.72. The SMILES string of the molecule is Nn1c(N/N=C/c2ccccc2OCc2ccccc2)nnc1SCC(=O)Nc1ccc(OC(F)(F)F)cc1. The zero-order valence-electron chi connectivity index (χ0n) is 20.1. The van der Waals surface area contributed by atoms with E-state index < -0.39 is 18.0 Å². The lowest BCUT2D eigenvalue weighted by Gasteiger charge is -2.10. The highest BCUT2D eigenvalue weighted by atomic mass is 32.2. The van der Waals surface area contributed by atoms with Crippen LogP contribution >= 0.6 is 11.8 Å². The maximum absolute atomic E-state index is 12.3. The second-order valence-corrected chi connectivity index (χ2v) is 8.71. The normalized spacial score (nSPS) is 11.4. The molecule has 0 atom stereocenters. The van der Waals surface area contributed by atoms with Gasteiger partial charge in [-0.15, -0.1) is 23.4 Å². The van der Waals surface area contributed by atoms with E-state index in [1.54, 1.807) is 6.21 Å². The number of nitrogens with zero attached hydrogens (tertiary/aromatic N) is 4. The third-order valence-electron chi connectivity index (χ3n) is 4.89. The van der Waals surface area contributed by atoms with Gasteiger partial charge in [-0.2, -0.15) is 5.10 Å². The van der Waals surface area contributed by atoms with Crippen LogP contribution < -0.4 is 26.1 Å². The monoisotopic (exact) mass is 557 g/mol. The van der Waals surface area contributed by atoms with Gasteiger partial charge in [0.05, 0.1) is 12.0 Å². The predicted molar refractivity (Wildman–Crippen MR) is 141 cm³/mol. The molecule has 0 aliphatic heterocycles. The van der Waals surface area contributed by atoms with Crippen molar-refractivity contribution in [3.8, 4) is 11.5 Å². The highest BCUT2D eigenvalue weighted by Crippen LogP contribution is 2.24. The Morgan fingerprint density at radius 3 is 2.49 bits per heavy atom. The van der Waals surface area contributed by atoms with E-state index in [0.717, 1.165) is 39.7 Å². The summed E-state index contributed by atoms with van der Waals surface area (Å²) >= 11 is 1.01. The summed E-state index contributed by atoms with van der Waals surface area (Å²) in [4.78, 5) is 12.2. The second kappa shape index (κ2) is 12.7. The third kappa shape index (κ3) is 8.39. The van der Waals surface area contributed by atoms with Crippen molar-refractivity contribution >= 4 is 35.5 Å². The van der Waals surface area contributed by atoms with Crippen LogP contribution in [0.25, 0.3) is 0 Å². The number of aromatic nitrogens is 3. The molecule has 202 valence electrons. The van der Waals surface area contributed by atoms with Gasteiger partial charge >= 0.3 is 6.36 Å². The number of thioether (sulfide) groups is 1. The molecule has 3 aromatic carbocycles. The number of benzene rings is 3. The van der Waals surface area contributed by atoms with Crippen LogP contribution in [-0.4, -0.2) is 39.1 Å². The average Bonchev–Trinajstić information content (AvgIpc) is 3.27. The van der Waals surface area contributed by atoms with Gasteiger partial charge in [0.25, 0.3) is 5.95 Å². The third-order valence-corrected chi connectivity index (χ3v) is 5.84. The summed E-state index contributed by atoms with van der Waals surface area (Å²) < 4.78 is 47.6. The van der Waals surface area contributed by atoms with E-state index in [1.807, 2.05) is 54.6 Å². The lowest BCUT2D eigenvalue weighted by atomic mass is 10.2. The number of rotatable bonds is 11. The van der Waals surface area contributed by atoms with E-state index in [1.165, 1.54) is 12.1 Å². The van der Waals surface area contributed by atoms with Crippen molar-refractivity contribution in [2.75, 3.05) is 22.3 Å². The first-order chi connectivity index (χ1) is 18.8. The van der Waals surface area contributed by atoms with Crippen molar-refractivity contribution < 1.29 is 27.4 Å². The Morgan fingerprint density at radius 2 is 1.74 bits per heavy atom. The molecule has 0 aliphatic rings. The standard InChI is InChI=1S/C25H22F3N7O3S/c26-25(27,28)38-20-12-10-19(11-13-20)31-22(36)16-39-24-34-33-23(35(24)29)32-30-14-18-8-4-5-9-21(18)37-15-17-6-2-1-3-7-17/h1-14H,15-16,29H2,(H,31,36)(H,32,33)/b30-14+. The quantitative estimate of drug-likeness (QED) is 0.105. The molecule has 14 heteroatoms. The molecule has 0 aliphatic carbocycles. The zero-order valence-corrected chi connectivity index (χ0v) is 20.9. The van der Waals surface area contributed by atoms with Crippen LogP contribution in [0.2, 0.25) is 0 Å². The number of hydrazone groups is 1. The summed E-state index contributed by atoms with van der Waals surface area (Å²) in [7, 11) is 0. The van der Waals surface area contributed by atoms with Gasteiger partial charge in [-0.25, -0.2) is 10.1 Å². The van der Waals surface area contributed by atoms with Crippen molar-refractivity contribution in [2.24, 2.45) is 5.10 Å². The van der Waals surface area contributed by atoms with Gasteiger partial charge in [0, 0.05) is 11.3 Å². The summed E-state index contributed by atoms with van der Waals surface area (Å²) in [5.41, 5.74) is 4.77. The lowest BCUT2D eigenvalue weighted by Crippen LogP contribution is -2.18. The topological polar surface area (TPSA) is 129 Å². The number of halogens is 3. The Morgan fingerprint density at radius 1 is 1.03 bits per heavy atom. The Bertz CT molecular complexity index is 1410. The van der Waals surface area contributed by atoms with Crippen molar-refractivity contribution in [1.82, 2.24) is 14.9 Å². The maximum Gasteiger partial charge on any atom is 0.573 e. The van der Waals surface area contributed by atoms with Crippen LogP contribution in [0.5, 0.6) is 11.5 Å². The first-order valence-corrected chi connectivity index (χ1v) is 12.3. The zero-order chi connectivity index (χ0) is 27.7. The van der Waals surface area contributed by atoms with Crippen molar-refractivity contribution in [2.45, 2.75) is 18.1 Å². The molecule has 1 amide bonds. The van der Waals surface area contributed by atoms with Crippen LogP contribution in [0.3, 0.4) is 0 Å². The van der Waals surface area contributed by atoms with E-state index in [-0.39, 0.29) is 16.9 Å². The van der Waals surface area contributed by atoms with Gasteiger partial charge in [0.15, 0.2) is 0 Å². The fourth-order valence-corrected chi connectivity index (χ4v) is 3.79. The van der Waals surface area contributed by atoms with Crippen LogP contribution in [0.15, 0.2) is 89.1 Å². The average molecular weight is 558 g/mol. The number of carbonyl (C=O) groups excluding carboxylic acids is 1. The van der Waals surface area contributed by atoms with Crippen LogP contribution in [0.1, 0.15) is 11.1 Å². The van der Waals surface area contributed by atoms with Crippen LogP contribution in [0.4, 0.5) is 24.8 Å². The number of hydrogen-bond acceptors (Lipinski definition) is 9. The second-order valence-electron chi connectivity index (χ2n) is 7.77. The molecule has 0 fully saturated rings. The van der Waals surface area contributed by atoms with Crippen LogP contribution in [-0.2, 0) is 11.4 Å². The number of nitrogens with one attached hydrogen (secondary N) is 2. The Balaban J connectivity index is 1.27. The summed E-state index contributed by atoms with van der Waals surface area (Å²) in [5.74, 6) is 5.89. The van der Waals surface area contributed by atoms with Gasteiger partial charge in [-0.3, -0.25) is 4.79 Å². The van der Waals surface area contributed by atoms with E-state index in [0.29, 0.717) is 18.0 Å². The number of carbonyl (C=O) groups is 1. The van der Waals surface area contributed by atoms with E-state index in [2.05, 4.69) is 30.8 Å². The molecule has 0 spiro atoms. The molecule has 1 aromatic heterocycles. The highest BCUT2D eigenvalue weighted by molar-refractivity contribution is 7.99. The van der Waals surface area contributed by atoms with Crippen molar-refractivity contribution in [1.29, 1.82) is 0 Å². The highest BCUT2D eigenvalue weighted by Gasteiger charge is 2.31. The number of nitrogens with two attached hydrogens (primary N) is 1. The first-order valence-electron chi connectivity index (χ1n) is 11.3.